The third-order valence-corrected chi connectivity index (χ3v) is 4.28. The second kappa shape index (κ2) is 8.61. The predicted molar refractivity (Wildman–Crippen MR) is 87.8 cm³/mol. The van der Waals surface area contributed by atoms with Crippen molar-refractivity contribution in [3.05, 3.63) is 28.2 Å². The van der Waals surface area contributed by atoms with Crippen molar-refractivity contribution in [3.8, 4) is 5.75 Å². The van der Waals surface area contributed by atoms with Crippen LogP contribution in [-0.4, -0.2) is 43.7 Å². The zero-order valence-electron chi connectivity index (χ0n) is 12.7. The van der Waals surface area contributed by atoms with E-state index < -0.39 is 0 Å². The monoisotopic (exact) mass is 345 g/mol. The Balaban J connectivity index is 1.70. The number of carbonyl (C=O) groups is 1. The van der Waals surface area contributed by atoms with E-state index in [-0.39, 0.29) is 12.0 Å². The summed E-state index contributed by atoms with van der Waals surface area (Å²) in [7, 11) is 1.70. The van der Waals surface area contributed by atoms with Gasteiger partial charge in [-0.15, -0.1) is 0 Å². The van der Waals surface area contributed by atoms with Crippen LogP contribution in [0.1, 0.15) is 25.7 Å². The molecule has 1 aliphatic rings. The Morgan fingerprint density at radius 1 is 1.41 bits per heavy atom. The highest BCUT2D eigenvalue weighted by Crippen LogP contribution is 2.27. The summed E-state index contributed by atoms with van der Waals surface area (Å²) in [5.41, 5.74) is 0. The van der Waals surface area contributed by atoms with Crippen LogP contribution in [0.15, 0.2) is 18.2 Å². The van der Waals surface area contributed by atoms with Crippen molar-refractivity contribution in [2.45, 2.75) is 31.8 Å². The maximum absolute atomic E-state index is 12.2. The first-order valence-corrected chi connectivity index (χ1v) is 8.24. The maximum atomic E-state index is 12.2. The van der Waals surface area contributed by atoms with Crippen LogP contribution >= 0.6 is 23.2 Å². The number of piperidine rings is 1. The molecular formula is C16H21Cl2NO3. The molecular weight excluding hydrogens is 325 g/mol. The first-order valence-electron chi connectivity index (χ1n) is 7.48. The summed E-state index contributed by atoms with van der Waals surface area (Å²) >= 11 is 11.9. The van der Waals surface area contributed by atoms with Gasteiger partial charge in [-0.1, -0.05) is 23.2 Å². The molecule has 0 aliphatic carbocycles. The lowest BCUT2D eigenvalue weighted by Crippen LogP contribution is -2.42. The van der Waals surface area contributed by atoms with Crippen LogP contribution in [0, 0.1) is 0 Å². The lowest BCUT2D eigenvalue weighted by Gasteiger charge is -2.32. The standard InChI is InChI=1S/C16H21Cl2NO3/c1-21-13-4-2-8-19(11-13)16(20)5-3-9-22-15-7-6-12(17)10-14(15)18/h6-7,10,13H,2-5,8-9,11H2,1H3. The third kappa shape index (κ3) is 5.04. The molecule has 1 aromatic carbocycles. The van der Waals surface area contributed by atoms with Crippen LogP contribution in [0.5, 0.6) is 5.75 Å². The van der Waals surface area contributed by atoms with Crippen molar-refractivity contribution >= 4 is 29.1 Å². The number of carbonyl (C=O) groups excluding carboxylic acids is 1. The van der Waals surface area contributed by atoms with E-state index in [1.165, 1.54) is 0 Å². The van der Waals surface area contributed by atoms with Gasteiger partial charge in [-0.05, 0) is 37.5 Å². The van der Waals surface area contributed by atoms with E-state index in [2.05, 4.69) is 0 Å². The smallest absolute Gasteiger partial charge is 0.222 e. The SMILES string of the molecule is COC1CCCN(C(=O)CCCOc2ccc(Cl)cc2Cl)C1. The second-order valence-corrected chi connectivity index (χ2v) is 6.21. The van der Waals surface area contributed by atoms with Gasteiger partial charge >= 0.3 is 0 Å². The molecule has 122 valence electrons. The number of halogens is 2. The summed E-state index contributed by atoms with van der Waals surface area (Å²) in [5.74, 6) is 0.753. The van der Waals surface area contributed by atoms with Crippen molar-refractivity contribution in [1.82, 2.24) is 4.90 Å². The normalized spacial score (nSPS) is 18.3. The topological polar surface area (TPSA) is 38.8 Å². The van der Waals surface area contributed by atoms with Gasteiger partial charge < -0.3 is 14.4 Å². The number of nitrogens with zero attached hydrogens (tertiary/aromatic N) is 1. The van der Waals surface area contributed by atoms with E-state index >= 15 is 0 Å². The average molecular weight is 346 g/mol. The third-order valence-electron chi connectivity index (χ3n) is 3.75. The van der Waals surface area contributed by atoms with Gasteiger partial charge in [0.25, 0.3) is 0 Å². The van der Waals surface area contributed by atoms with E-state index in [0.717, 1.165) is 19.4 Å². The predicted octanol–water partition coefficient (Wildman–Crippen LogP) is 3.79. The molecule has 2 rings (SSSR count). The van der Waals surface area contributed by atoms with E-state index in [4.69, 9.17) is 32.7 Å². The summed E-state index contributed by atoms with van der Waals surface area (Å²) in [6.07, 6.45) is 3.33. The first kappa shape index (κ1) is 17.4. The summed E-state index contributed by atoms with van der Waals surface area (Å²) in [5, 5.41) is 1.06. The van der Waals surface area contributed by atoms with Gasteiger partial charge in [0.05, 0.1) is 17.7 Å². The van der Waals surface area contributed by atoms with Crippen LogP contribution in [0.3, 0.4) is 0 Å². The molecule has 1 atom stereocenters. The number of rotatable bonds is 6. The quantitative estimate of drug-likeness (QED) is 0.736. The number of benzene rings is 1. The number of ether oxygens (including phenoxy) is 2. The highest BCUT2D eigenvalue weighted by molar-refractivity contribution is 6.35. The Labute approximate surface area is 141 Å². The number of likely N-dealkylation sites (tertiary alicyclic amines) is 1. The van der Waals surface area contributed by atoms with Gasteiger partial charge in [0.1, 0.15) is 5.75 Å². The zero-order chi connectivity index (χ0) is 15.9. The number of amides is 1. The highest BCUT2D eigenvalue weighted by Gasteiger charge is 2.22. The lowest BCUT2D eigenvalue weighted by molar-refractivity contribution is -0.134. The minimum Gasteiger partial charge on any atom is -0.492 e. The molecule has 0 bridgehead atoms. The molecule has 1 aliphatic heterocycles. The number of methoxy groups -OCH3 is 1. The fourth-order valence-corrected chi connectivity index (χ4v) is 2.98. The summed E-state index contributed by atoms with van der Waals surface area (Å²) in [6.45, 7) is 1.97. The van der Waals surface area contributed by atoms with Crippen LogP contribution in [0.25, 0.3) is 0 Å². The van der Waals surface area contributed by atoms with Gasteiger partial charge in [0.2, 0.25) is 5.91 Å². The van der Waals surface area contributed by atoms with Crippen LogP contribution < -0.4 is 4.74 Å². The largest absolute Gasteiger partial charge is 0.492 e. The average Bonchev–Trinajstić information content (AvgIpc) is 2.53. The van der Waals surface area contributed by atoms with Crippen molar-refractivity contribution in [2.24, 2.45) is 0 Å². The Morgan fingerprint density at radius 2 is 2.23 bits per heavy atom. The van der Waals surface area contributed by atoms with E-state index in [9.17, 15) is 4.79 Å². The molecule has 1 aromatic rings. The first-order chi connectivity index (χ1) is 10.6. The van der Waals surface area contributed by atoms with Crippen molar-refractivity contribution in [3.63, 3.8) is 0 Å². The van der Waals surface area contributed by atoms with E-state index in [1.54, 1.807) is 25.3 Å². The molecule has 1 fully saturated rings. The van der Waals surface area contributed by atoms with Crippen molar-refractivity contribution < 1.29 is 14.3 Å². The van der Waals surface area contributed by atoms with Crippen LogP contribution in [0.4, 0.5) is 0 Å². The summed E-state index contributed by atoms with van der Waals surface area (Å²) in [6, 6.07) is 5.11. The Hall–Kier alpha value is -0.970. The molecule has 1 unspecified atom stereocenters. The number of hydrogen-bond donors (Lipinski definition) is 0. The Morgan fingerprint density at radius 3 is 2.95 bits per heavy atom. The van der Waals surface area contributed by atoms with E-state index in [1.807, 2.05) is 4.90 Å². The maximum Gasteiger partial charge on any atom is 0.222 e. The highest BCUT2D eigenvalue weighted by atomic mass is 35.5. The molecule has 0 aromatic heterocycles. The second-order valence-electron chi connectivity index (χ2n) is 5.37. The lowest BCUT2D eigenvalue weighted by atomic mass is 10.1. The number of hydrogen-bond acceptors (Lipinski definition) is 3. The molecule has 4 nitrogen and oxygen atoms in total. The Bertz CT molecular complexity index is 510. The van der Waals surface area contributed by atoms with Gasteiger partial charge in [0, 0.05) is 31.6 Å². The molecule has 0 saturated carbocycles. The van der Waals surface area contributed by atoms with Gasteiger partial charge in [-0.3, -0.25) is 4.79 Å². The van der Waals surface area contributed by atoms with Gasteiger partial charge in [0.15, 0.2) is 0 Å². The summed E-state index contributed by atoms with van der Waals surface area (Å²) in [4.78, 5) is 14.0. The van der Waals surface area contributed by atoms with Crippen LogP contribution in [0.2, 0.25) is 10.0 Å². The molecule has 0 N–H and O–H groups in total. The summed E-state index contributed by atoms with van der Waals surface area (Å²) < 4.78 is 10.9. The minimum absolute atomic E-state index is 0.160. The Kier molecular flexibility index (Phi) is 6.80. The molecule has 1 saturated heterocycles. The molecule has 1 heterocycles. The fraction of sp³-hybridized carbons (Fsp3) is 0.562. The molecule has 0 radical (unpaired) electrons. The molecule has 1 amide bonds. The molecule has 6 heteroatoms. The van der Waals surface area contributed by atoms with E-state index in [0.29, 0.717) is 41.8 Å². The van der Waals surface area contributed by atoms with Crippen molar-refractivity contribution in [1.29, 1.82) is 0 Å². The molecule has 22 heavy (non-hydrogen) atoms. The minimum atomic E-state index is 0.160. The van der Waals surface area contributed by atoms with Gasteiger partial charge in [-0.25, -0.2) is 0 Å². The van der Waals surface area contributed by atoms with Crippen LogP contribution in [-0.2, 0) is 9.53 Å². The molecule has 0 spiro atoms. The zero-order valence-corrected chi connectivity index (χ0v) is 14.2. The fourth-order valence-electron chi connectivity index (χ4n) is 2.51. The van der Waals surface area contributed by atoms with Gasteiger partial charge in [-0.2, -0.15) is 0 Å². The van der Waals surface area contributed by atoms with Crippen molar-refractivity contribution in [2.75, 3.05) is 26.8 Å².